The van der Waals surface area contributed by atoms with E-state index in [-0.39, 0.29) is 24.7 Å². The van der Waals surface area contributed by atoms with Crippen LogP contribution in [0.3, 0.4) is 0 Å². The van der Waals surface area contributed by atoms with Gasteiger partial charge in [0.05, 0.1) is 5.56 Å². The predicted molar refractivity (Wildman–Crippen MR) is 168 cm³/mol. The van der Waals surface area contributed by atoms with Crippen LogP contribution in [0, 0.1) is 5.92 Å². The van der Waals surface area contributed by atoms with Crippen LogP contribution in [0.4, 0.5) is 4.79 Å². The van der Waals surface area contributed by atoms with E-state index in [0.717, 1.165) is 28.7 Å². The number of aliphatic hydroxyl groups excluding tert-OH is 2. The molecule has 3 aromatic carbocycles. The second kappa shape index (κ2) is 17.3. The average Bonchev–Trinajstić information content (AvgIpc) is 3.05. The van der Waals surface area contributed by atoms with E-state index < -0.39 is 43.1 Å². The lowest BCUT2D eigenvalue weighted by atomic mass is 9.96. The molecule has 3 unspecified atom stereocenters. The van der Waals surface area contributed by atoms with Gasteiger partial charge in [0.1, 0.15) is 31.5 Å². The van der Waals surface area contributed by atoms with Gasteiger partial charge in [-0.15, -0.1) is 0 Å². The number of carbonyl (C=O) groups is 3. The van der Waals surface area contributed by atoms with Gasteiger partial charge in [-0.1, -0.05) is 76.2 Å². The van der Waals surface area contributed by atoms with Gasteiger partial charge in [-0.2, -0.15) is 0 Å². The third kappa shape index (κ3) is 11.0. The van der Waals surface area contributed by atoms with Gasteiger partial charge in [0.25, 0.3) is 0 Å². The van der Waals surface area contributed by atoms with Crippen molar-refractivity contribution in [3.8, 4) is 11.1 Å². The van der Waals surface area contributed by atoms with Gasteiger partial charge in [-0.25, -0.2) is 9.59 Å². The summed E-state index contributed by atoms with van der Waals surface area (Å²) in [5, 5.41) is 21.0. The van der Waals surface area contributed by atoms with Crippen LogP contribution >= 0.6 is 0 Å². The predicted octanol–water partition coefficient (Wildman–Crippen LogP) is 5.43. The van der Waals surface area contributed by atoms with E-state index in [1.54, 1.807) is 42.5 Å². The molecule has 242 valence electrons. The zero-order chi connectivity index (χ0) is 32.9. The minimum atomic E-state index is -1.08. The summed E-state index contributed by atoms with van der Waals surface area (Å²) in [6.07, 6.45) is -1.06. The Hall–Kier alpha value is -4.25. The third-order valence-electron chi connectivity index (χ3n) is 7.17. The molecule has 0 saturated heterocycles. The Morgan fingerprint density at radius 2 is 1.33 bits per heavy atom. The maximum Gasteiger partial charge on any atom is 0.511 e. The number of esters is 2. The summed E-state index contributed by atoms with van der Waals surface area (Å²) >= 11 is 0. The van der Waals surface area contributed by atoms with Crippen molar-refractivity contribution in [3.63, 3.8) is 0 Å². The minimum absolute atomic E-state index is 0.217. The topological polar surface area (TPSA) is 155 Å². The lowest BCUT2D eigenvalue weighted by Gasteiger charge is -2.17. The monoisotopic (exact) mass is 621 g/mol. The molecule has 0 aliphatic carbocycles. The Morgan fingerprint density at radius 3 is 1.96 bits per heavy atom. The Labute approximate surface area is 264 Å². The molecule has 0 aromatic heterocycles. The second-order valence-corrected chi connectivity index (χ2v) is 11.1. The molecule has 0 heterocycles. The summed E-state index contributed by atoms with van der Waals surface area (Å²) in [6, 6.07) is 18.8. The number of carbonyl (C=O) groups excluding carboxylic acids is 3. The molecule has 3 rings (SSSR count). The van der Waals surface area contributed by atoms with Crippen molar-refractivity contribution >= 4 is 18.1 Å². The maximum absolute atomic E-state index is 12.5. The van der Waals surface area contributed by atoms with Crippen molar-refractivity contribution in [2.45, 2.75) is 65.2 Å². The number of hydrogen-bond donors (Lipinski definition) is 3. The van der Waals surface area contributed by atoms with E-state index in [1.165, 1.54) is 0 Å². The molecule has 0 aliphatic rings. The highest BCUT2D eigenvalue weighted by atomic mass is 16.8. The fourth-order valence-electron chi connectivity index (χ4n) is 4.52. The van der Waals surface area contributed by atoms with E-state index in [9.17, 15) is 24.6 Å². The first-order chi connectivity index (χ1) is 21.5. The quantitative estimate of drug-likeness (QED) is 0.114. The molecule has 10 nitrogen and oxygen atoms in total. The number of aryl methyl sites for hydroxylation is 2. The molecule has 0 aliphatic heterocycles. The minimum Gasteiger partial charge on any atom is -0.461 e. The first-order valence-electron chi connectivity index (χ1n) is 15.1. The van der Waals surface area contributed by atoms with E-state index in [0.29, 0.717) is 24.0 Å². The lowest BCUT2D eigenvalue weighted by molar-refractivity contribution is -0.148. The van der Waals surface area contributed by atoms with Gasteiger partial charge in [-0.05, 0) is 76.8 Å². The molecule has 0 saturated carbocycles. The number of nitrogens with two attached hydrogens (primary N) is 1. The number of ether oxygens (including phenoxy) is 4. The first-order valence-corrected chi connectivity index (χ1v) is 15.1. The Bertz CT molecular complexity index is 1400. The molecule has 3 aromatic rings. The van der Waals surface area contributed by atoms with Crippen molar-refractivity contribution in [3.05, 3.63) is 94.5 Å². The van der Waals surface area contributed by atoms with E-state index >= 15 is 0 Å². The lowest BCUT2D eigenvalue weighted by Crippen LogP contribution is -2.34. The number of hydrogen-bond acceptors (Lipinski definition) is 10. The second-order valence-electron chi connectivity index (χ2n) is 11.1. The van der Waals surface area contributed by atoms with Crippen LogP contribution in [0.5, 0.6) is 0 Å². The van der Waals surface area contributed by atoms with Crippen LogP contribution in [0.25, 0.3) is 11.1 Å². The van der Waals surface area contributed by atoms with Crippen molar-refractivity contribution in [2.75, 3.05) is 20.0 Å². The molecular formula is C35H43NO9. The van der Waals surface area contributed by atoms with E-state index in [4.69, 9.17) is 24.7 Å². The highest BCUT2D eigenvalue weighted by Gasteiger charge is 2.20. The molecule has 4 N–H and O–H groups in total. The summed E-state index contributed by atoms with van der Waals surface area (Å²) in [4.78, 5) is 36.5. The fraction of sp³-hybridized carbons (Fsp3) is 0.400. The van der Waals surface area contributed by atoms with Crippen LogP contribution in [0.2, 0.25) is 0 Å². The zero-order valence-electron chi connectivity index (χ0n) is 26.2. The first kappa shape index (κ1) is 35.2. The third-order valence-corrected chi connectivity index (χ3v) is 7.17. The standard InChI is InChI=1S/C35H43NO9/c1-5-23-7-9-26(10-8-23)31(37)20-43-35(41)45-21-44-33(39)27-13-11-25(12-14-27)28-16-24(6-2)17-29(18-28)32(38)19-42-34(40)30(36)15-22(3)4/h7-14,16-18,22,30-32,37-38H,5-6,15,19-21,36H2,1-4H3. The molecular weight excluding hydrogens is 578 g/mol. The average molecular weight is 622 g/mol. The Kier molecular flexibility index (Phi) is 13.5. The van der Waals surface area contributed by atoms with Crippen LogP contribution in [-0.2, 0) is 36.6 Å². The number of rotatable bonds is 15. The molecule has 0 amide bonds. The highest BCUT2D eigenvalue weighted by molar-refractivity contribution is 5.90. The molecule has 0 spiro atoms. The molecule has 0 radical (unpaired) electrons. The van der Waals surface area contributed by atoms with Gasteiger partial charge in [0, 0.05) is 0 Å². The summed E-state index contributed by atoms with van der Waals surface area (Å²) < 4.78 is 20.0. The molecule has 10 heteroatoms. The van der Waals surface area contributed by atoms with Gasteiger partial charge in [-0.3, -0.25) is 4.79 Å². The molecule has 3 atom stereocenters. The van der Waals surface area contributed by atoms with Gasteiger partial charge >= 0.3 is 18.1 Å². The highest BCUT2D eigenvalue weighted by Crippen LogP contribution is 2.27. The number of benzene rings is 3. The van der Waals surface area contributed by atoms with Crippen molar-refractivity contribution in [1.82, 2.24) is 0 Å². The number of aliphatic hydroxyl groups is 2. The molecule has 0 fully saturated rings. The normalized spacial score (nSPS) is 13.1. The summed E-state index contributed by atoms with van der Waals surface area (Å²) in [7, 11) is 0. The smallest absolute Gasteiger partial charge is 0.461 e. The van der Waals surface area contributed by atoms with Gasteiger partial charge in [0.2, 0.25) is 6.79 Å². The van der Waals surface area contributed by atoms with Crippen LogP contribution in [0.1, 0.15) is 78.9 Å². The summed E-state index contributed by atoms with van der Waals surface area (Å²) in [6.45, 7) is 6.76. The molecule has 45 heavy (non-hydrogen) atoms. The Morgan fingerprint density at radius 1 is 0.711 bits per heavy atom. The van der Waals surface area contributed by atoms with E-state index in [1.807, 2.05) is 52.0 Å². The summed E-state index contributed by atoms with van der Waals surface area (Å²) in [5.74, 6) is -1.01. The van der Waals surface area contributed by atoms with Gasteiger partial charge < -0.3 is 34.9 Å². The van der Waals surface area contributed by atoms with Crippen molar-refractivity contribution in [1.29, 1.82) is 0 Å². The SMILES string of the molecule is CCc1ccc(C(O)COC(=O)OCOC(=O)c2ccc(-c3cc(CC)cc(C(O)COC(=O)C(N)CC(C)C)c3)cc2)cc1. The van der Waals surface area contributed by atoms with Gasteiger partial charge in [0.15, 0.2) is 0 Å². The Balaban J connectivity index is 1.51. The van der Waals surface area contributed by atoms with Crippen molar-refractivity contribution < 1.29 is 43.5 Å². The maximum atomic E-state index is 12.5. The zero-order valence-corrected chi connectivity index (χ0v) is 26.2. The fourth-order valence-corrected chi connectivity index (χ4v) is 4.52. The van der Waals surface area contributed by atoms with E-state index in [2.05, 4.69) is 0 Å². The summed E-state index contributed by atoms with van der Waals surface area (Å²) in [5.41, 5.74) is 11.0. The van der Waals surface area contributed by atoms with Crippen LogP contribution < -0.4 is 5.73 Å². The molecule has 0 bridgehead atoms. The van der Waals surface area contributed by atoms with Crippen LogP contribution in [0.15, 0.2) is 66.7 Å². The van der Waals surface area contributed by atoms with Crippen molar-refractivity contribution in [2.24, 2.45) is 11.7 Å². The largest absolute Gasteiger partial charge is 0.511 e. The van der Waals surface area contributed by atoms with Crippen LogP contribution in [-0.4, -0.2) is 54.4 Å².